The van der Waals surface area contributed by atoms with E-state index in [0.29, 0.717) is 0 Å². The number of anilines is 2. The summed E-state index contributed by atoms with van der Waals surface area (Å²) in [7, 11) is 0. The van der Waals surface area contributed by atoms with Crippen molar-refractivity contribution in [3.05, 3.63) is 65.6 Å². The summed E-state index contributed by atoms with van der Waals surface area (Å²) in [5.74, 6) is 2.49. The van der Waals surface area contributed by atoms with Crippen molar-refractivity contribution in [2.24, 2.45) is 0 Å². The van der Waals surface area contributed by atoms with Crippen LogP contribution in [-0.2, 0) is 12.8 Å². The second-order valence-electron chi connectivity index (χ2n) is 6.94. The standard InChI is InChI=1S/C21H20N4/c1-4-18-19(5-1)24-20(16-3-2-12-22-13-16)25-21(18)23-17-10-8-15(9-11-17)14-6-7-14/h2-3,8-14H,1,4-7H2,(H,23,24,25). The van der Waals surface area contributed by atoms with Crippen molar-refractivity contribution in [2.45, 2.75) is 38.0 Å². The Bertz CT molecular complexity index is 899. The molecule has 3 aromatic rings. The van der Waals surface area contributed by atoms with Gasteiger partial charge in [-0.3, -0.25) is 4.98 Å². The third kappa shape index (κ3) is 2.88. The lowest BCUT2D eigenvalue weighted by Crippen LogP contribution is -2.04. The van der Waals surface area contributed by atoms with Gasteiger partial charge in [0.05, 0.1) is 0 Å². The van der Waals surface area contributed by atoms with Gasteiger partial charge in [-0.15, -0.1) is 0 Å². The largest absolute Gasteiger partial charge is 0.340 e. The van der Waals surface area contributed by atoms with Crippen LogP contribution in [0.25, 0.3) is 11.4 Å². The van der Waals surface area contributed by atoms with E-state index >= 15 is 0 Å². The van der Waals surface area contributed by atoms with E-state index in [1.54, 1.807) is 6.20 Å². The number of aromatic nitrogens is 3. The topological polar surface area (TPSA) is 50.7 Å². The van der Waals surface area contributed by atoms with Crippen LogP contribution in [0.2, 0.25) is 0 Å². The Morgan fingerprint density at radius 3 is 2.60 bits per heavy atom. The van der Waals surface area contributed by atoms with Crippen LogP contribution in [0, 0.1) is 0 Å². The average Bonchev–Trinajstić information content (AvgIpc) is 3.40. The van der Waals surface area contributed by atoms with Gasteiger partial charge < -0.3 is 5.32 Å². The lowest BCUT2D eigenvalue weighted by atomic mass is 10.1. The Morgan fingerprint density at radius 2 is 1.84 bits per heavy atom. The monoisotopic (exact) mass is 328 g/mol. The van der Waals surface area contributed by atoms with Gasteiger partial charge in [-0.1, -0.05) is 12.1 Å². The molecule has 124 valence electrons. The zero-order valence-corrected chi connectivity index (χ0v) is 14.1. The van der Waals surface area contributed by atoms with Crippen molar-refractivity contribution in [3.63, 3.8) is 0 Å². The summed E-state index contributed by atoms with van der Waals surface area (Å²) < 4.78 is 0. The SMILES string of the molecule is c1cncc(-c2nc3c(c(Nc4ccc(C5CC5)cc4)n2)CCC3)c1. The summed E-state index contributed by atoms with van der Waals surface area (Å²) in [6, 6.07) is 12.8. The minimum atomic E-state index is 0.755. The highest BCUT2D eigenvalue weighted by atomic mass is 15.0. The molecule has 2 heterocycles. The highest BCUT2D eigenvalue weighted by Crippen LogP contribution is 2.40. The quantitative estimate of drug-likeness (QED) is 0.757. The first-order valence-corrected chi connectivity index (χ1v) is 9.04. The van der Waals surface area contributed by atoms with Crippen molar-refractivity contribution in [1.29, 1.82) is 0 Å². The Kier molecular flexibility index (Phi) is 3.47. The van der Waals surface area contributed by atoms with Crippen molar-refractivity contribution in [1.82, 2.24) is 15.0 Å². The molecule has 2 aliphatic carbocycles. The van der Waals surface area contributed by atoms with Gasteiger partial charge in [0.2, 0.25) is 0 Å². The lowest BCUT2D eigenvalue weighted by molar-refractivity contribution is 0.900. The second-order valence-corrected chi connectivity index (χ2v) is 6.94. The number of nitrogens with one attached hydrogen (secondary N) is 1. The first-order chi connectivity index (χ1) is 12.4. The molecule has 1 saturated carbocycles. The van der Waals surface area contributed by atoms with Crippen LogP contribution in [0.15, 0.2) is 48.8 Å². The molecule has 4 heteroatoms. The molecule has 0 radical (unpaired) electrons. The van der Waals surface area contributed by atoms with Gasteiger partial charge in [0.1, 0.15) is 5.82 Å². The zero-order valence-electron chi connectivity index (χ0n) is 14.1. The maximum absolute atomic E-state index is 4.82. The van der Waals surface area contributed by atoms with E-state index in [1.165, 1.54) is 29.7 Å². The van der Waals surface area contributed by atoms with Crippen LogP contribution in [0.5, 0.6) is 0 Å². The number of hydrogen-bond acceptors (Lipinski definition) is 4. The molecule has 0 bridgehead atoms. The summed E-state index contributed by atoms with van der Waals surface area (Å²) >= 11 is 0. The predicted octanol–water partition coefficient (Wildman–Crippen LogP) is 4.65. The molecule has 2 aliphatic rings. The van der Waals surface area contributed by atoms with Gasteiger partial charge in [0.15, 0.2) is 5.82 Å². The normalized spacial score (nSPS) is 15.8. The number of pyridine rings is 1. The van der Waals surface area contributed by atoms with E-state index in [2.05, 4.69) is 34.6 Å². The van der Waals surface area contributed by atoms with Gasteiger partial charge in [-0.2, -0.15) is 0 Å². The number of hydrogen-bond donors (Lipinski definition) is 1. The van der Waals surface area contributed by atoms with Crippen LogP contribution in [0.3, 0.4) is 0 Å². The molecular formula is C21H20N4. The van der Waals surface area contributed by atoms with E-state index < -0.39 is 0 Å². The van der Waals surface area contributed by atoms with E-state index in [4.69, 9.17) is 9.97 Å². The molecule has 25 heavy (non-hydrogen) atoms. The third-order valence-electron chi connectivity index (χ3n) is 5.08. The van der Waals surface area contributed by atoms with Gasteiger partial charge in [-0.05, 0) is 67.9 Å². The second kappa shape index (κ2) is 5.96. The number of nitrogens with zero attached hydrogens (tertiary/aromatic N) is 3. The minimum Gasteiger partial charge on any atom is -0.340 e. The third-order valence-corrected chi connectivity index (χ3v) is 5.08. The Hall–Kier alpha value is -2.75. The van der Waals surface area contributed by atoms with Crippen molar-refractivity contribution < 1.29 is 0 Å². The molecule has 1 fully saturated rings. The van der Waals surface area contributed by atoms with Gasteiger partial charge >= 0.3 is 0 Å². The zero-order chi connectivity index (χ0) is 16.6. The summed E-state index contributed by atoms with van der Waals surface area (Å²) in [6.45, 7) is 0. The van der Waals surface area contributed by atoms with Crippen LogP contribution < -0.4 is 5.32 Å². The van der Waals surface area contributed by atoms with Gasteiger partial charge in [0, 0.05) is 34.9 Å². The number of rotatable bonds is 4. The van der Waals surface area contributed by atoms with E-state index in [9.17, 15) is 0 Å². The maximum Gasteiger partial charge on any atom is 0.163 e. The van der Waals surface area contributed by atoms with Crippen molar-refractivity contribution >= 4 is 11.5 Å². The fourth-order valence-corrected chi connectivity index (χ4v) is 3.55. The molecule has 0 amide bonds. The van der Waals surface area contributed by atoms with E-state index in [0.717, 1.165) is 48.1 Å². The minimum absolute atomic E-state index is 0.755. The summed E-state index contributed by atoms with van der Waals surface area (Å²) in [6.07, 6.45) is 9.49. The van der Waals surface area contributed by atoms with Crippen LogP contribution in [0.4, 0.5) is 11.5 Å². The Morgan fingerprint density at radius 1 is 0.960 bits per heavy atom. The smallest absolute Gasteiger partial charge is 0.163 e. The molecule has 1 aromatic carbocycles. The summed E-state index contributed by atoms with van der Waals surface area (Å²) in [5, 5.41) is 3.53. The molecule has 0 unspecified atom stereocenters. The average molecular weight is 328 g/mol. The highest BCUT2D eigenvalue weighted by Gasteiger charge is 2.23. The lowest BCUT2D eigenvalue weighted by Gasteiger charge is -2.13. The number of aryl methyl sites for hydroxylation is 1. The first-order valence-electron chi connectivity index (χ1n) is 9.04. The fourth-order valence-electron chi connectivity index (χ4n) is 3.55. The van der Waals surface area contributed by atoms with Crippen molar-refractivity contribution in [2.75, 3.05) is 5.32 Å². The molecule has 2 aromatic heterocycles. The Labute approximate surface area is 147 Å². The number of benzene rings is 1. The molecule has 0 atom stereocenters. The molecule has 4 nitrogen and oxygen atoms in total. The fraction of sp³-hybridized carbons (Fsp3) is 0.286. The predicted molar refractivity (Wildman–Crippen MR) is 99.0 cm³/mol. The molecule has 0 spiro atoms. The maximum atomic E-state index is 4.82. The van der Waals surface area contributed by atoms with Crippen LogP contribution in [-0.4, -0.2) is 15.0 Å². The van der Waals surface area contributed by atoms with E-state index in [1.807, 2.05) is 18.3 Å². The summed E-state index contributed by atoms with van der Waals surface area (Å²) in [4.78, 5) is 13.8. The molecule has 0 aliphatic heterocycles. The van der Waals surface area contributed by atoms with Crippen LogP contribution >= 0.6 is 0 Å². The van der Waals surface area contributed by atoms with E-state index in [-0.39, 0.29) is 0 Å². The summed E-state index contributed by atoms with van der Waals surface area (Å²) in [5.41, 5.74) is 5.94. The van der Waals surface area contributed by atoms with Crippen LogP contribution in [0.1, 0.15) is 42.0 Å². The molecular weight excluding hydrogens is 308 g/mol. The number of fused-ring (bicyclic) bond motifs is 1. The van der Waals surface area contributed by atoms with Crippen molar-refractivity contribution in [3.8, 4) is 11.4 Å². The molecule has 0 saturated heterocycles. The van der Waals surface area contributed by atoms with Gasteiger partial charge in [-0.25, -0.2) is 9.97 Å². The molecule has 1 N–H and O–H groups in total. The van der Waals surface area contributed by atoms with Gasteiger partial charge in [0.25, 0.3) is 0 Å². The Balaban J connectivity index is 1.50. The molecule has 5 rings (SSSR count). The highest BCUT2D eigenvalue weighted by molar-refractivity contribution is 5.65. The first kappa shape index (κ1) is 14.6.